The van der Waals surface area contributed by atoms with E-state index in [4.69, 9.17) is 0 Å². The Labute approximate surface area is 144 Å². The first-order valence-corrected chi connectivity index (χ1v) is 8.19. The highest BCUT2D eigenvalue weighted by Crippen LogP contribution is 2.28. The van der Waals surface area contributed by atoms with Crippen LogP contribution in [0.15, 0.2) is 39.7 Å². The maximum absolute atomic E-state index is 13.8. The van der Waals surface area contributed by atoms with E-state index in [1.165, 1.54) is 12.3 Å². The Balaban J connectivity index is 2.27. The lowest BCUT2D eigenvalue weighted by Gasteiger charge is -2.20. The zero-order valence-electron chi connectivity index (χ0n) is 12.0. The molecule has 0 spiro atoms. The van der Waals surface area contributed by atoms with E-state index < -0.39 is 11.7 Å². The van der Waals surface area contributed by atoms with Crippen molar-refractivity contribution in [3.8, 4) is 0 Å². The Morgan fingerprint density at radius 2 is 1.86 bits per heavy atom. The van der Waals surface area contributed by atoms with Crippen molar-refractivity contribution in [2.75, 3.05) is 5.32 Å². The van der Waals surface area contributed by atoms with E-state index >= 15 is 0 Å². The van der Waals surface area contributed by atoms with Crippen molar-refractivity contribution in [2.24, 2.45) is 5.92 Å². The van der Waals surface area contributed by atoms with Gasteiger partial charge in [-0.05, 0) is 55.5 Å². The molecule has 0 saturated carbocycles. The lowest BCUT2D eigenvalue weighted by atomic mass is 9.88. The van der Waals surface area contributed by atoms with Gasteiger partial charge in [-0.1, -0.05) is 13.8 Å². The van der Waals surface area contributed by atoms with Crippen LogP contribution in [0.4, 0.5) is 10.2 Å². The summed E-state index contributed by atoms with van der Waals surface area (Å²) >= 11 is 6.47. The maximum atomic E-state index is 13.8. The Morgan fingerprint density at radius 3 is 2.45 bits per heavy atom. The summed E-state index contributed by atoms with van der Waals surface area (Å²) in [7, 11) is 0. The monoisotopic (exact) mass is 429 g/mol. The molecule has 7 heteroatoms. The summed E-state index contributed by atoms with van der Waals surface area (Å²) in [6.07, 6.45) is 4.72. The van der Waals surface area contributed by atoms with Gasteiger partial charge in [-0.15, -0.1) is 0 Å². The summed E-state index contributed by atoms with van der Waals surface area (Å²) in [5.41, 5.74) is 0.763. The average Bonchev–Trinajstić information content (AvgIpc) is 2.42. The van der Waals surface area contributed by atoms with Crippen LogP contribution in [-0.4, -0.2) is 15.9 Å². The SMILES string of the molecule is CC(C)C(C(=O)Nc1ncc(Br)cc1F)c1cncc(Br)c1. The molecule has 0 aromatic carbocycles. The summed E-state index contributed by atoms with van der Waals surface area (Å²) < 4.78 is 15.1. The van der Waals surface area contributed by atoms with Crippen LogP contribution >= 0.6 is 31.9 Å². The van der Waals surface area contributed by atoms with Gasteiger partial charge in [-0.3, -0.25) is 9.78 Å². The third-order valence-electron chi connectivity index (χ3n) is 3.08. The Hall–Kier alpha value is -1.34. The van der Waals surface area contributed by atoms with E-state index in [0.717, 1.165) is 10.0 Å². The molecule has 0 aliphatic heterocycles. The largest absolute Gasteiger partial charge is 0.308 e. The number of anilines is 1. The summed E-state index contributed by atoms with van der Waals surface area (Å²) in [6.45, 7) is 3.85. The summed E-state index contributed by atoms with van der Waals surface area (Å²) in [4.78, 5) is 20.5. The smallest absolute Gasteiger partial charge is 0.233 e. The molecule has 0 aliphatic rings. The summed E-state index contributed by atoms with van der Waals surface area (Å²) in [6, 6.07) is 3.09. The van der Waals surface area contributed by atoms with Crippen LogP contribution in [0.1, 0.15) is 25.3 Å². The van der Waals surface area contributed by atoms with Crippen molar-refractivity contribution in [3.05, 3.63) is 51.0 Å². The lowest BCUT2D eigenvalue weighted by molar-refractivity contribution is -0.118. The van der Waals surface area contributed by atoms with E-state index in [9.17, 15) is 9.18 Å². The van der Waals surface area contributed by atoms with Gasteiger partial charge < -0.3 is 5.32 Å². The van der Waals surface area contributed by atoms with Gasteiger partial charge >= 0.3 is 0 Å². The van der Waals surface area contributed by atoms with Crippen molar-refractivity contribution < 1.29 is 9.18 Å². The number of rotatable bonds is 4. The molecule has 2 aromatic heterocycles. The predicted octanol–water partition coefficient (Wildman–Crippen LogP) is 4.52. The Bertz CT molecular complexity index is 694. The van der Waals surface area contributed by atoms with Crippen molar-refractivity contribution in [1.82, 2.24) is 9.97 Å². The van der Waals surface area contributed by atoms with Crippen LogP contribution in [0.3, 0.4) is 0 Å². The van der Waals surface area contributed by atoms with Gasteiger partial charge in [0.15, 0.2) is 11.6 Å². The fraction of sp³-hybridized carbons (Fsp3) is 0.267. The number of nitrogens with zero attached hydrogens (tertiary/aromatic N) is 2. The topological polar surface area (TPSA) is 54.9 Å². The van der Waals surface area contributed by atoms with Crippen LogP contribution < -0.4 is 5.32 Å². The predicted molar refractivity (Wildman–Crippen MR) is 90.0 cm³/mol. The molecule has 2 heterocycles. The van der Waals surface area contributed by atoms with Gasteiger partial charge in [-0.2, -0.15) is 0 Å². The molecule has 2 rings (SSSR count). The van der Waals surface area contributed by atoms with Gasteiger partial charge in [0.1, 0.15) is 0 Å². The minimum Gasteiger partial charge on any atom is -0.308 e. The molecule has 2 aromatic rings. The second-order valence-corrected chi connectivity index (χ2v) is 6.96. The minimum atomic E-state index is -0.586. The molecule has 1 unspecified atom stereocenters. The second-order valence-electron chi connectivity index (χ2n) is 5.13. The van der Waals surface area contributed by atoms with Crippen LogP contribution in [-0.2, 0) is 4.79 Å². The number of amides is 1. The Kier molecular flexibility index (Phi) is 5.63. The number of pyridine rings is 2. The maximum Gasteiger partial charge on any atom is 0.233 e. The molecule has 0 bridgehead atoms. The van der Waals surface area contributed by atoms with E-state index in [0.29, 0.717) is 4.47 Å². The van der Waals surface area contributed by atoms with Crippen molar-refractivity contribution in [2.45, 2.75) is 19.8 Å². The second kappa shape index (κ2) is 7.28. The molecule has 0 fully saturated rings. The molecule has 1 atom stereocenters. The first-order valence-electron chi connectivity index (χ1n) is 6.61. The summed E-state index contributed by atoms with van der Waals surface area (Å²) in [5.74, 6) is -1.41. The lowest BCUT2D eigenvalue weighted by Crippen LogP contribution is -2.26. The number of carbonyl (C=O) groups is 1. The van der Waals surface area contributed by atoms with Gasteiger partial charge in [0, 0.05) is 27.5 Å². The Morgan fingerprint density at radius 1 is 1.18 bits per heavy atom. The quantitative estimate of drug-likeness (QED) is 0.775. The number of carbonyl (C=O) groups excluding carboxylic acids is 1. The minimum absolute atomic E-state index is 0.0228. The highest BCUT2D eigenvalue weighted by molar-refractivity contribution is 9.10. The van der Waals surface area contributed by atoms with Gasteiger partial charge in [0.05, 0.1) is 5.92 Å². The van der Waals surface area contributed by atoms with Crippen LogP contribution in [0.2, 0.25) is 0 Å². The van der Waals surface area contributed by atoms with E-state index in [2.05, 4.69) is 47.1 Å². The zero-order chi connectivity index (χ0) is 16.3. The normalized spacial score (nSPS) is 12.3. The van der Waals surface area contributed by atoms with Crippen LogP contribution in [0.5, 0.6) is 0 Å². The van der Waals surface area contributed by atoms with Crippen molar-refractivity contribution >= 4 is 43.6 Å². The van der Waals surface area contributed by atoms with Crippen LogP contribution in [0, 0.1) is 11.7 Å². The fourth-order valence-electron chi connectivity index (χ4n) is 2.14. The van der Waals surface area contributed by atoms with Crippen molar-refractivity contribution in [1.29, 1.82) is 0 Å². The van der Waals surface area contributed by atoms with E-state index in [1.54, 1.807) is 12.4 Å². The third kappa shape index (κ3) is 4.10. The molecule has 1 N–H and O–H groups in total. The molecule has 0 saturated heterocycles. The van der Waals surface area contributed by atoms with E-state index in [-0.39, 0.29) is 17.6 Å². The highest BCUT2D eigenvalue weighted by atomic mass is 79.9. The molecule has 1 amide bonds. The van der Waals surface area contributed by atoms with Gasteiger partial charge in [0.2, 0.25) is 5.91 Å². The molecule has 4 nitrogen and oxygen atoms in total. The number of halogens is 3. The molecular weight excluding hydrogens is 417 g/mol. The molecule has 22 heavy (non-hydrogen) atoms. The molecule has 0 aliphatic carbocycles. The molecule has 0 radical (unpaired) electrons. The summed E-state index contributed by atoms with van der Waals surface area (Å²) in [5, 5.41) is 2.55. The van der Waals surface area contributed by atoms with Gasteiger partial charge in [-0.25, -0.2) is 9.37 Å². The number of nitrogens with one attached hydrogen (secondary N) is 1. The van der Waals surface area contributed by atoms with Gasteiger partial charge in [0.25, 0.3) is 0 Å². The third-order valence-corrected chi connectivity index (χ3v) is 3.95. The first kappa shape index (κ1) is 17.0. The number of aromatic nitrogens is 2. The molecular formula is C15H14Br2FN3O. The number of hydrogen-bond donors (Lipinski definition) is 1. The molecule has 116 valence electrons. The highest BCUT2D eigenvalue weighted by Gasteiger charge is 2.26. The van der Waals surface area contributed by atoms with Crippen LogP contribution in [0.25, 0.3) is 0 Å². The zero-order valence-corrected chi connectivity index (χ0v) is 15.2. The standard InChI is InChI=1S/C15H14Br2FN3O/c1-8(2)13(9-3-10(16)6-19-5-9)15(22)21-14-12(18)4-11(17)7-20-14/h3-8,13H,1-2H3,(H,20,21,22). The first-order chi connectivity index (χ1) is 10.4. The van der Waals surface area contributed by atoms with E-state index in [1.807, 2.05) is 19.9 Å². The van der Waals surface area contributed by atoms with Crippen molar-refractivity contribution in [3.63, 3.8) is 0 Å². The number of hydrogen-bond acceptors (Lipinski definition) is 3. The fourth-order valence-corrected chi connectivity index (χ4v) is 2.82. The average molecular weight is 431 g/mol.